The Kier molecular flexibility index (Phi) is 6.49. The zero-order valence-electron chi connectivity index (χ0n) is 13.6. The molecule has 2 N–H and O–H groups in total. The van der Waals surface area contributed by atoms with Crippen molar-refractivity contribution in [2.24, 2.45) is 5.92 Å². The highest BCUT2D eigenvalue weighted by molar-refractivity contribution is 5.74. The van der Waals surface area contributed by atoms with E-state index in [-0.39, 0.29) is 12.5 Å². The fraction of sp³-hybridized carbons (Fsp3) is 0.875. The maximum atomic E-state index is 12.0. The molecule has 1 aliphatic heterocycles. The van der Waals surface area contributed by atoms with Gasteiger partial charge >= 0.3 is 12.0 Å². The highest BCUT2D eigenvalue weighted by Gasteiger charge is 2.28. The molecule has 0 aromatic heterocycles. The van der Waals surface area contributed by atoms with Gasteiger partial charge in [0, 0.05) is 45.2 Å². The maximum Gasteiger partial charge on any atom is 0.317 e. The van der Waals surface area contributed by atoms with Gasteiger partial charge in [-0.25, -0.2) is 4.79 Å². The highest BCUT2D eigenvalue weighted by Crippen LogP contribution is 2.27. The molecule has 0 bridgehead atoms. The summed E-state index contributed by atoms with van der Waals surface area (Å²) in [6, 6.07) is 0.652. The van der Waals surface area contributed by atoms with E-state index in [1.807, 2.05) is 4.90 Å². The van der Waals surface area contributed by atoms with Crippen LogP contribution in [-0.2, 0) is 4.79 Å². The van der Waals surface area contributed by atoms with Gasteiger partial charge < -0.3 is 15.3 Å². The summed E-state index contributed by atoms with van der Waals surface area (Å²) in [5.41, 5.74) is 0. The molecule has 2 amide bonds. The van der Waals surface area contributed by atoms with Crippen molar-refractivity contribution in [3.05, 3.63) is 0 Å². The molecule has 0 aromatic rings. The van der Waals surface area contributed by atoms with E-state index in [0.717, 1.165) is 32.1 Å². The van der Waals surface area contributed by atoms with Crippen LogP contribution in [0, 0.1) is 5.92 Å². The van der Waals surface area contributed by atoms with Gasteiger partial charge in [-0.2, -0.15) is 0 Å². The minimum absolute atomic E-state index is 0.0534. The molecule has 22 heavy (non-hydrogen) atoms. The average molecular weight is 311 g/mol. The first kappa shape index (κ1) is 17.1. The third-order valence-electron chi connectivity index (χ3n) is 4.95. The van der Waals surface area contributed by atoms with Crippen LogP contribution < -0.4 is 5.32 Å². The highest BCUT2D eigenvalue weighted by atomic mass is 16.4. The lowest BCUT2D eigenvalue weighted by molar-refractivity contribution is -0.137. The van der Waals surface area contributed by atoms with Crippen molar-refractivity contribution in [1.29, 1.82) is 0 Å². The summed E-state index contributed by atoms with van der Waals surface area (Å²) in [6.45, 7) is 6.24. The lowest BCUT2D eigenvalue weighted by atomic mass is 9.86. The normalized spacial score (nSPS) is 26.7. The van der Waals surface area contributed by atoms with Crippen LogP contribution in [-0.4, -0.2) is 65.7 Å². The van der Waals surface area contributed by atoms with Crippen LogP contribution in [0.1, 0.15) is 45.4 Å². The Hall–Kier alpha value is -1.30. The number of urea groups is 1. The van der Waals surface area contributed by atoms with Gasteiger partial charge in [0.1, 0.15) is 0 Å². The van der Waals surface area contributed by atoms with Crippen molar-refractivity contribution in [2.75, 3.05) is 32.7 Å². The number of carbonyl (C=O) groups excluding carboxylic acids is 1. The molecule has 2 aliphatic rings. The third kappa shape index (κ3) is 5.16. The molecular formula is C16H29N3O3. The summed E-state index contributed by atoms with van der Waals surface area (Å²) in [6.07, 6.45) is 5.84. The van der Waals surface area contributed by atoms with Crippen molar-refractivity contribution < 1.29 is 14.7 Å². The van der Waals surface area contributed by atoms with E-state index in [9.17, 15) is 9.59 Å². The predicted molar refractivity (Wildman–Crippen MR) is 84.8 cm³/mol. The molecule has 0 spiro atoms. The number of carbonyl (C=O) groups is 2. The van der Waals surface area contributed by atoms with E-state index in [1.54, 1.807) is 0 Å². The summed E-state index contributed by atoms with van der Waals surface area (Å²) in [7, 11) is 0. The Morgan fingerprint density at radius 2 is 1.73 bits per heavy atom. The quantitative estimate of drug-likeness (QED) is 0.759. The fourth-order valence-electron chi connectivity index (χ4n) is 3.44. The molecule has 0 radical (unpaired) electrons. The number of aliphatic carboxylic acids is 1. The lowest BCUT2D eigenvalue weighted by Crippen LogP contribution is -2.54. The van der Waals surface area contributed by atoms with Gasteiger partial charge in [-0.05, 0) is 38.0 Å². The Balaban J connectivity index is 1.64. The SMILES string of the molecule is CC1CCC(N2CCN(C(=O)NCCCC(=O)O)CC2)CC1. The van der Waals surface area contributed by atoms with Crippen molar-refractivity contribution in [1.82, 2.24) is 15.1 Å². The number of nitrogens with one attached hydrogen (secondary N) is 1. The zero-order chi connectivity index (χ0) is 15.9. The molecule has 1 heterocycles. The van der Waals surface area contributed by atoms with E-state index in [0.29, 0.717) is 19.0 Å². The number of carboxylic acids is 1. The first-order valence-corrected chi connectivity index (χ1v) is 8.55. The van der Waals surface area contributed by atoms with Crippen LogP contribution in [0.4, 0.5) is 4.79 Å². The van der Waals surface area contributed by atoms with Crippen LogP contribution in [0.25, 0.3) is 0 Å². The average Bonchev–Trinajstić information content (AvgIpc) is 2.52. The maximum absolute atomic E-state index is 12.0. The molecule has 6 heteroatoms. The van der Waals surface area contributed by atoms with Gasteiger partial charge in [-0.1, -0.05) is 6.92 Å². The van der Waals surface area contributed by atoms with Crippen molar-refractivity contribution in [3.8, 4) is 0 Å². The van der Waals surface area contributed by atoms with Crippen LogP contribution in [0.15, 0.2) is 0 Å². The second kappa shape index (κ2) is 8.36. The van der Waals surface area contributed by atoms with Gasteiger partial charge in [0.2, 0.25) is 0 Å². The van der Waals surface area contributed by atoms with Gasteiger partial charge in [0.25, 0.3) is 0 Å². The van der Waals surface area contributed by atoms with Crippen molar-refractivity contribution >= 4 is 12.0 Å². The number of nitrogens with zero attached hydrogens (tertiary/aromatic N) is 2. The van der Waals surface area contributed by atoms with Crippen LogP contribution in [0.3, 0.4) is 0 Å². The number of piperazine rings is 1. The molecule has 6 nitrogen and oxygen atoms in total. The standard InChI is InChI=1S/C16H29N3O3/c1-13-4-6-14(7-5-13)18-9-11-19(12-10-18)16(22)17-8-2-3-15(20)21/h13-14H,2-12H2,1H3,(H,17,22)(H,20,21). The summed E-state index contributed by atoms with van der Waals surface area (Å²) in [5, 5.41) is 11.4. The second-order valence-electron chi connectivity index (χ2n) is 6.67. The Bertz CT molecular complexity index is 373. The summed E-state index contributed by atoms with van der Waals surface area (Å²) < 4.78 is 0. The molecule has 2 fully saturated rings. The van der Waals surface area contributed by atoms with Crippen LogP contribution >= 0.6 is 0 Å². The van der Waals surface area contributed by atoms with Gasteiger partial charge in [0.15, 0.2) is 0 Å². The molecular weight excluding hydrogens is 282 g/mol. The molecule has 126 valence electrons. The fourth-order valence-corrected chi connectivity index (χ4v) is 3.44. The van der Waals surface area contributed by atoms with Crippen molar-refractivity contribution in [3.63, 3.8) is 0 Å². The predicted octanol–water partition coefficient (Wildman–Crippen LogP) is 1.76. The lowest BCUT2D eigenvalue weighted by Gasteiger charge is -2.41. The Labute approximate surface area is 132 Å². The molecule has 1 aliphatic carbocycles. The number of hydrogen-bond donors (Lipinski definition) is 2. The van der Waals surface area contributed by atoms with Gasteiger partial charge in [-0.3, -0.25) is 9.69 Å². The molecule has 0 aromatic carbocycles. The van der Waals surface area contributed by atoms with Crippen LogP contribution in [0.5, 0.6) is 0 Å². The minimum Gasteiger partial charge on any atom is -0.481 e. The number of rotatable bonds is 5. The second-order valence-corrected chi connectivity index (χ2v) is 6.67. The summed E-state index contributed by atoms with van der Waals surface area (Å²) >= 11 is 0. The van der Waals surface area contributed by atoms with Crippen LogP contribution in [0.2, 0.25) is 0 Å². The minimum atomic E-state index is -0.815. The first-order chi connectivity index (χ1) is 10.6. The van der Waals surface area contributed by atoms with E-state index in [4.69, 9.17) is 5.11 Å². The number of amides is 2. The summed E-state index contributed by atoms with van der Waals surface area (Å²) in [4.78, 5) is 26.8. The number of carboxylic acid groups (broad SMARTS) is 1. The zero-order valence-corrected chi connectivity index (χ0v) is 13.6. The van der Waals surface area contributed by atoms with E-state index < -0.39 is 5.97 Å². The third-order valence-corrected chi connectivity index (χ3v) is 4.95. The van der Waals surface area contributed by atoms with Crippen molar-refractivity contribution in [2.45, 2.75) is 51.5 Å². The van der Waals surface area contributed by atoms with Gasteiger partial charge in [-0.15, -0.1) is 0 Å². The van der Waals surface area contributed by atoms with E-state index >= 15 is 0 Å². The topological polar surface area (TPSA) is 72.9 Å². The Morgan fingerprint density at radius 3 is 2.32 bits per heavy atom. The largest absolute Gasteiger partial charge is 0.481 e. The molecule has 0 atom stereocenters. The Morgan fingerprint density at radius 1 is 1.09 bits per heavy atom. The molecule has 2 rings (SSSR count). The molecule has 1 saturated heterocycles. The molecule has 1 saturated carbocycles. The molecule has 0 unspecified atom stereocenters. The van der Waals surface area contributed by atoms with E-state index in [2.05, 4.69) is 17.1 Å². The number of hydrogen-bond acceptors (Lipinski definition) is 3. The first-order valence-electron chi connectivity index (χ1n) is 8.55. The smallest absolute Gasteiger partial charge is 0.317 e. The van der Waals surface area contributed by atoms with Gasteiger partial charge in [0.05, 0.1) is 0 Å². The monoisotopic (exact) mass is 311 g/mol. The summed E-state index contributed by atoms with van der Waals surface area (Å²) in [5.74, 6) is 0.0544. The van der Waals surface area contributed by atoms with E-state index in [1.165, 1.54) is 25.7 Å².